The normalized spacial score (nSPS) is 16.0. The summed E-state index contributed by atoms with van der Waals surface area (Å²) in [6.45, 7) is 3.14. The first kappa shape index (κ1) is 18.9. The summed E-state index contributed by atoms with van der Waals surface area (Å²) in [7, 11) is 0. The number of hydrogen-bond donors (Lipinski definition) is 2. The lowest BCUT2D eigenvalue weighted by molar-refractivity contribution is -0.118. The van der Waals surface area contributed by atoms with Crippen LogP contribution in [0.15, 0.2) is 48.5 Å². The fraction of sp³-hybridized carbons (Fsp3) is 0.333. The van der Waals surface area contributed by atoms with E-state index < -0.39 is 0 Å². The fourth-order valence-electron chi connectivity index (χ4n) is 2.83. The van der Waals surface area contributed by atoms with E-state index >= 15 is 0 Å². The van der Waals surface area contributed by atoms with Gasteiger partial charge in [0.05, 0.1) is 6.10 Å². The molecule has 0 unspecified atom stereocenters. The van der Waals surface area contributed by atoms with Crippen molar-refractivity contribution in [2.24, 2.45) is 0 Å². The Morgan fingerprint density at radius 1 is 1.19 bits per heavy atom. The molecule has 1 heterocycles. The van der Waals surface area contributed by atoms with Gasteiger partial charge in [0.1, 0.15) is 5.75 Å². The van der Waals surface area contributed by atoms with Crippen molar-refractivity contribution < 1.29 is 19.1 Å². The summed E-state index contributed by atoms with van der Waals surface area (Å²) >= 11 is 0. The highest BCUT2D eigenvalue weighted by Gasteiger charge is 2.17. The maximum absolute atomic E-state index is 12.3. The van der Waals surface area contributed by atoms with E-state index in [0.29, 0.717) is 23.5 Å². The molecule has 1 aliphatic heterocycles. The predicted molar refractivity (Wildman–Crippen MR) is 103 cm³/mol. The molecule has 0 saturated carbocycles. The second kappa shape index (κ2) is 9.19. The fourth-order valence-corrected chi connectivity index (χ4v) is 2.83. The van der Waals surface area contributed by atoms with Gasteiger partial charge in [-0.1, -0.05) is 23.8 Å². The molecule has 27 heavy (non-hydrogen) atoms. The molecule has 0 aliphatic carbocycles. The molecule has 6 heteroatoms. The molecule has 2 N–H and O–H groups in total. The van der Waals surface area contributed by atoms with Crippen molar-refractivity contribution in [2.45, 2.75) is 25.9 Å². The molecule has 2 amide bonds. The summed E-state index contributed by atoms with van der Waals surface area (Å²) in [5, 5.41) is 5.62. The van der Waals surface area contributed by atoms with E-state index in [-0.39, 0.29) is 24.5 Å². The van der Waals surface area contributed by atoms with Crippen LogP contribution in [0.2, 0.25) is 0 Å². The van der Waals surface area contributed by atoms with Crippen molar-refractivity contribution in [3.05, 3.63) is 59.7 Å². The molecule has 1 fully saturated rings. The first-order valence-corrected chi connectivity index (χ1v) is 9.09. The molecular formula is C21H24N2O4. The number of carbonyl (C=O) groups is 2. The zero-order valence-corrected chi connectivity index (χ0v) is 15.4. The van der Waals surface area contributed by atoms with Crippen LogP contribution in [0.4, 0.5) is 5.69 Å². The molecule has 0 radical (unpaired) electrons. The van der Waals surface area contributed by atoms with E-state index in [1.807, 2.05) is 31.2 Å². The molecule has 142 valence electrons. The molecule has 0 spiro atoms. The zero-order valence-electron chi connectivity index (χ0n) is 15.4. The predicted octanol–water partition coefficient (Wildman–Crippen LogP) is 2.92. The smallest absolute Gasteiger partial charge is 0.262 e. The van der Waals surface area contributed by atoms with Gasteiger partial charge in [-0.05, 0) is 50.1 Å². The van der Waals surface area contributed by atoms with Crippen molar-refractivity contribution in [3.8, 4) is 5.75 Å². The summed E-state index contributed by atoms with van der Waals surface area (Å²) < 4.78 is 11.0. The van der Waals surface area contributed by atoms with Crippen molar-refractivity contribution in [1.29, 1.82) is 0 Å². The van der Waals surface area contributed by atoms with E-state index in [4.69, 9.17) is 9.47 Å². The second-order valence-corrected chi connectivity index (χ2v) is 6.58. The van der Waals surface area contributed by atoms with Crippen LogP contribution in [0.25, 0.3) is 0 Å². The van der Waals surface area contributed by atoms with Crippen LogP contribution in [0.5, 0.6) is 5.75 Å². The number of carbonyl (C=O) groups excluding carboxylic acids is 2. The van der Waals surface area contributed by atoms with E-state index in [9.17, 15) is 9.59 Å². The van der Waals surface area contributed by atoms with Gasteiger partial charge in [-0.2, -0.15) is 0 Å². The summed E-state index contributed by atoms with van der Waals surface area (Å²) in [4.78, 5) is 24.4. The minimum Gasteiger partial charge on any atom is -0.484 e. The Morgan fingerprint density at radius 2 is 2.00 bits per heavy atom. The average molecular weight is 368 g/mol. The molecule has 0 bridgehead atoms. The highest BCUT2D eigenvalue weighted by molar-refractivity contribution is 5.97. The molecule has 0 aromatic heterocycles. The average Bonchev–Trinajstić information content (AvgIpc) is 3.19. The summed E-state index contributed by atoms with van der Waals surface area (Å²) in [6, 6.07) is 14.3. The Labute approximate surface area is 158 Å². The molecule has 6 nitrogen and oxygen atoms in total. The maximum Gasteiger partial charge on any atom is 0.262 e. The Bertz CT molecular complexity index is 783. The molecule has 1 saturated heterocycles. The zero-order chi connectivity index (χ0) is 19.1. The van der Waals surface area contributed by atoms with Crippen molar-refractivity contribution in [3.63, 3.8) is 0 Å². The van der Waals surface area contributed by atoms with E-state index in [1.54, 1.807) is 24.3 Å². The quantitative estimate of drug-likeness (QED) is 0.788. The topological polar surface area (TPSA) is 76.7 Å². The number of hydrogen-bond acceptors (Lipinski definition) is 4. The Morgan fingerprint density at radius 3 is 2.74 bits per heavy atom. The highest BCUT2D eigenvalue weighted by atomic mass is 16.5. The van der Waals surface area contributed by atoms with Crippen molar-refractivity contribution in [1.82, 2.24) is 5.32 Å². The largest absolute Gasteiger partial charge is 0.484 e. The van der Waals surface area contributed by atoms with Crippen LogP contribution >= 0.6 is 0 Å². The van der Waals surface area contributed by atoms with Crippen LogP contribution in [0.3, 0.4) is 0 Å². The molecule has 1 aliphatic rings. The SMILES string of the molecule is Cc1ccc(OCC(=O)Nc2cccc(C(=O)NC[C@@H]3CCCO3)c2)cc1. The lowest BCUT2D eigenvalue weighted by Crippen LogP contribution is -2.31. The minimum absolute atomic E-state index is 0.0933. The Hall–Kier alpha value is -2.86. The van der Waals surface area contributed by atoms with Crippen molar-refractivity contribution in [2.75, 3.05) is 25.1 Å². The molecule has 2 aromatic carbocycles. The van der Waals surface area contributed by atoms with Gasteiger partial charge in [0.25, 0.3) is 11.8 Å². The summed E-state index contributed by atoms with van der Waals surface area (Å²) in [6.07, 6.45) is 2.10. The van der Waals surface area contributed by atoms with Gasteiger partial charge in [0, 0.05) is 24.4 Å². The first-order valence-electron chi connectivity index (χ1n) is 9.09. The van der Waals surface area contributed by atoms with E-state index in [2.05, 4.69) is 10.6 Å². The van der Waals surface area contributed by atoms with Crippen LogP contribution in [0.1, 0.15) is 28.8 Å². The number of anilines is 1. The standard InChI is InChI=1S/C21H24N2O4/c1-15-7-9-18(10-8-15)27-14-20(24)23-17-5-2-4-16(12-17)21(25)22-13-19-6-3-11-26-19/h2,4-5,7-10,12,19H,3,6,11,13-14H2,1H3,(H,22,25)(H,23,24)/t19-/m0/s1. The number of rotatable bonds is 7. The summed E-state index contributed by atoms with van der Waals surface area (Å²) in [5.41, 5.74) is 2.17. The van der Waals surface area contributed by atoms with E-state index in [1.165, 1.54) is 0 Å². The number of amides is 2. The van der Waals surface area contributed by atoms with Crippen LogP contribution in [-0.4, -0.2) is 37.7 Å². The second-order valence-electron chi connectivity index (χ2n) is 6.58. The van der Waals surface area contributed by atoms with Gasteiger partial charge < -0.3 is 20.1 Å². The lowest BCUT2D eigenvalue weighted by atomic mass is 10.1. The van der Waals surface area contributed by atoms with Crippen LogP contribution in [-0.2, 0) is 9.53 Å². The van der Waals surface area contributed by atoms with Gasteiger partial charge >= 0.3 is 0 Å². The monoisotopic (exact) mass is 368 g/mol. The van der Waals surface area contributed by atoms with Crippen LogP contribution in [0, 0.1) is 6.92 Å². The van der Waals surface area contributed by atoms with Gasteiger partial charge in [0.15, 0.2) is 6.61 Å². The Kier molecular flexibility index (Phi) is 6.44. The molecular weight excluding hydrogens is 344 g/mol. The summed E-state index contributed by atoms with van der Waals surface area (Å²) in [5.74, 6) is 0.169. The third-order valence-corrected chi connectivity index (χ3v) is 4.31. The molecule has 3 rings (SSSR count). The Balaban J connectivity index is 1.49. The van der Waals surface area contributed by atoms with Gasteiger partial charge in [-0.15, -0.1) is 0 Å². The number of nitrogens with one attached hydrogen (secondary N) is 2. The molecule has 2 aromatic rings. The molecule has 1 atom stereocenters. The highest BCUT2D eigenvalue weighted by Crippen LogP contribution is 2.14. The third kappa shape index (κ3) is 5.82. The lowest BCUT2D eigenvalue weighted by Gasteiger charge is -2.12. The number of ether oxygens (including phenoxy) is 2. The van der Waals surface area contributed by atoms with Crippen molar-refractivity contribution >= 4 is 17.5 Å². The first-order chi connectivity index (χ1) is 13.1. The van der Waals surface area contributed by atoms with Gasteiger partial charge in [-0.3, -0.25) is 9.59 Å². The third-order valence-electron chi connectivity index (χ3n) is 4.31. The number of benzene rings is 2. The van der Waals surface area contributed by atoms with Gasteiger partial charge in [-0.25, -0.2) is 0 Å². The van der Waals surface area contributed by atoms with Crippen LogP contribution < -0.4 is 15.4 Å². The minimum atomic E-state index is -0.285. The maximum atomic E-state index is 12.3. The van der Waals surface area contributed by atoms with Gasteiger partial charge in [0.2, 0.25) is 0 Å². The number of aryl methyl sites for hydroxylation is 1. The van der Waals surface area contributed by atoms with E-state index in [0.717, 1.165) is 25.0 Å².